The van der Waals surface area contributed by atoms with Crippen molar-refractivity contribution < 1.29 is 24.2 Å². The molecular formula is C20H20N2O5S. The maximum atomic E-state index is 12.2. The van der Waals surface area contributed by atoms with E-state index in [0.717, 1.165) is 22.4 Å². The van der Waals surface area contributed by atoms with Crippen molar-refractivity contribution in [3.05, 3.63) is 59.2 Å². The lowest BCUT2D eigenvalue weighted by Gasteiger charge is -2.34. The van der Waals surface area contributed by atoms with Crippen molar-refractivity contribution >= 4 is 23.6 Å². The molecule has 28 heavy (non-hydrogen) atoms. The number of benzene rings is 2. The molecule has 1 unspecified atom stereocenters. The van der Waals surface area contributed by atoms with E-state index in [9.17, 15) is 14.7 Å². The van der Waals surface area contributed by atoms with Crippen LogP contribution in [0.25, 0.3) is 0 Å². The standard InChI is InChI=1S/C20H20N2O5S/c23-18(21-8-13-5-6-16-17(7-13)27-12-26-16)19(24)22-10-20(25)11-28-9-14-3-1-2-4-15(14)20/h1-7,25H,8-12H2,(H,21,23)(H,22,24). The van der Waals surface area contributed by atoms with Gasteiger partial charge < -0.3 is 25.2 Å². The van der Waals surface area contributed by atoms with Crippen LogP contribution in [0.1, 0.15) is 16.7 Å². The summed E-state index contributed by atoms with van der Waals surface area (Å²) >= 11 is 1.60. The summed E-state index contributed by atoms with van der Waals surface area (Å²) in [5.41, 5.74) is 1.45. The van der Waals surface area contributed by atoms with Crippen LogP contribution in [0.5, 0.6) is 11.5 Å². The normalized spacial score (nSPS) is 19.6. The second-order valence-corrected chi connectivity index (χ2v) is 7.72. The van der Waals surface area contributed by atoms with Crippen molar-refractivity contribution in [2.24, 2.45) is 0 Å². The quantitative estimate of drug-likeness (QED) is 0.669. The van der Waals surface area contributed by atoms with Crippen molar-refractivity contribution in [3.63, 3.8) is 0 Å². The highest BCUT2D eigenvalue weighted by Gasteiger charge is 2.35. The Kier molecular flexibility index (Phi) is 5.15. The zero-order valence-corrected chi connectivity index (χ0v) is 15.9. The SMILES string of the molecule is O=C(NCc1ccc2c(c1)OCO2)C(=O)NCC1(O)CSCc2ccccc21. The van der Waals surface area contributed by atoms with Gasteiger partial charge in [-0.1, -0.05) is 30.3 Å². The molecule has 3 N–H and O–H groups in total. The Balaban J connectivity index is 1.32. The fourth-order valence-electron chi connectivity index (χ4n) is 3.27. The molecule has 0 radical (unpaired) electrons. The van der Waals surface area contributed by atoms with E-state index in [1.807, 2.05) is 24.3 Å². The predicted octanol–water partition coefficient (Wildman–Crippen LogP) is 1.28. The highest BCUT2D eigenvalue weighted by Crippen LogP contribution is 2.36. The molecule has 0 aromatic heterocycles. The van der Waals surface area contributed by atoms with Gasteiger partial charge >= 0.3 is 11.8 Å². The summed E-state index contributed by atoms with van der Waals surface area (Å²) in [7, 11) is 0. The van der Waals surface area contributed by atoms with Crippen LogP contribution in [-0.4, -0.2) is 36.0 Å². The number of ether oxygens (including phenoxy) is 2. The number of hydrogen-bond acceptors (Lipinski definition) is 6. The molecule has 2 aromatic carbocycles. The maximum absolute atomic E-state index is 12.2. The zero-order chi connectivity index (χ0) is 19.6. The van der Waals surface area contributed by atoms with Crippen LogP contribution in [-0.2, 0) is 27.5 Å². The molecule has 0 saturated carbocycles. The van der Waals surface area contributed by atoms with Crippen molar-refractivity contribution in [2.75, 3.05) is 19.1 Å². The zero-order valence-electron chi connectivity index (χ0n) is 15.1. The van der Waals surface area contributed by atoms with E-state index in [4.69, 9.17) is 9.47 Å². The van der Waals surface area contributed by atoms with Gasteiger partial charge in [0.1, 0.15) is 5.60 Å². The van der Waals surface area contributed by atoms with E-state index in [1.165, 1.54) is 0 Å². The molecule has 0 saturated heterocycles. The first kappa shape index (κ1) is 18.6. The molecule has 0 spiro atoms. The lowest BCUT2D eigenvalue weighted by atomic mass is 9.91. The first-order valence-electron chi connectivity index (χ1n) is 8.88. The molecular weight excluding hydrogens is 380 g/mol. The van der Waals surface area contributed by atoms with Gasteiger partial charge in [-0.2, -0.15) is 11.8 Å². The molecule has 8 heteroatoms. The molecule has 0 aliphatic carbocycles. The number of fused-ring (bicyclic) bond motifs is 2. The number of aliphatic hydroxyl groups is 1. The van der Waals surface area contributed by atoms with E-state index >= 15 is 0 Å². The number of rotatable bonds is 4. The molecule has 0 fully saturated rings. The monoisotopic (exact) mass is 400 g/mol. The molecule has 146 valence electrons. The van der Waals surface area contributed by atoms with Crippen molar-refractivity contribution in [2.45, 2.75) is 17.9 Å². The lowest BCUT2D eigenvalue weighted by Crippen LogP contribution is -2.48. The van der Waals surface area contributed by atoms with Crippen LogP contribution in [0.4, 0.5) is 0 Å². The number of carbonyl (C=O) groups is 2. The van der Waals surface area contributed by atoms with Gasteiger partial charge in [-0.25, -0.2) is 0 Å². The van der Waals surface area contributed by atoms with E-state index in [2.05, 4.69) is 10.6 Å². The third kappa shape index (κ3) is 3.79. The average Bonchev–Trinajstić information content (AvgIpc) is 3.18. The van der Waals surface area contributed by atoms with Crippen LogP contribution >= 0.6 is 11.8 Å². The fraction of sp³-hybridized carbons (Fsp3) is 0.300. The first-order chi connectivity index (χ1) is 13.5. The van der Waals surface area contributed by atoms with Gasteiger partial charge in [0, 0.05) is 18.1 Å². The minimum absolute atomic E-state index is 0.0205. The van der Waals surface area contributed by atoms with Crippen LogP contribution in [0, 0.1) is 0 Å². The number of carbonyl (C=O) groups excluding carboxylic acids is 2. The molecule has 7 nitrogen and oxygen atoms in total. The first-order valence-corrected chi connectivity index (χ1v) is 10.0. The van der Waals surface area contributed by atoms with Gasteiger partial charge in [-0.05, 0) is 28.8 Å². The summed E-state index contributed by atoms with van der Waals surface area (Å²) in [6.07, 6.45) is 0. The van der Waals surface area contributed by atoms with Gasteiger partial charge in [0.25, 0.3) is 0 Å². The number of thioether (sulfide) groups is 1. The lowest BCUT2D eigenvalue weighted by molar-refractivity contribution is -0.139. The van der Waals surface area contributed by atoms with Crippen LogP contribution in [0.2, 0.25) is 0 Å². The van der Waals surface area contributed by atoms with Crippen molar-refractivity contribution in [1.82, 2.24) is 10.6 Å². The average molecular weight is 400 g/mol. The van der Waals surface area contributed by atoms with Gasteiger partial charge in [-0.15, -0.1) is 0 Å². The van der Waals surface area contributed by atoms with Gasteiger partial charge in [0.05, 0.1) is 6.54 Å². The largest absolute Gasteiger partial charge is 0.454 e. The van der Waals surface area contributed by atoms with Crippen LogP contribution < -0.4 is 20.1 Å². The minimum Gasteiger partial charge on any atom is -0.454 e. The van der Waals surface area contributed by atoms with E-state index in [1.54, 1.807) is 30.0 Å². The van der Waals surface area contributed by atoms with Gasteiger partial charge in [-0.3, -0.25) is 9.59 Å². The second kappa shape index (κ2) is 7.73. The van der Waals surface area contributed by atoms with E-state index in [-0.39, 0.29) is 19.9 Å². The van der Waals surface area contributed by atoms with Crippen molar-refractivity contribution in [1.29, 1.82) is 0 Å². The Labute approximate surface area is 166 Å². The summed E-state index contributed by atoms with van der Waals surface area (Å²) in [4.78, 5) is 24.3. The van der Waals surface area contributed by atoms with Gasteiger partial charge in [0.15, 0.2) is 11.5 Å². The molecule has 2 heterocycles. The summed E-state index contributed by atoms with van der Waals surface area (Å²) in [5.74, 6) is 1.03. The summed E-state index contributed by atoms with van der Waals surface area (Å²) < 4.78 is 10.5. The summed E-state index contributed by atoms with van der Waals surface area (Å²) in [6.45, 7) is 0.344. The van der Waals surface area contributed by atoms with Crippen molar-refractivity contribution in [3.8, 4) is 11.5 Å². The molecule has 0 bridgehead atoms. The molecule has 2 amide bonds. The van der Waals surface area contributed by atoms with E-state index in [0.29, 0.717) is 17.3 Å². The number of nitrogens with one attached hydrogen (secondary N) is 2. The Bertz CT molecular complexity index is 919. The fourth-order valence-corrected chi connectivity index (χ4v) is 4.44. The highest BCUT2D eigenvalue weighted by molar-refractivity contribution is 7.98. The molecule has 2 aromatic rings. The number of hydrogen-bond donors (Lipinski definition) is 3. The third-order valence-electron chi connectivity index (χ3n) is 4.75. The molecule has 2 aliphatic heterocycles. The Morgan fingerprint density at radius 1 is 1.07 bits per heavy atom. The van der Waals surface area contributed by atoms with Crippen LogP contribution in [0.15, 0.2) is 42.5 Å². The Hall–Kier alpha value is -2.71. The second-order valence-electron chi connectivity index (χ2n) is 6.73. The van der Waals surface area contributed by atoms with Gasteiger partial charge in [0.2, 0.25) is 6.79 Å². The Morgan fingerprint density at radius 3 is 2.75 bits per heavy atom. The summed E-state index contributed by atoms with van der Waals surface area (Å²) in [5, 5.41) is 16.1. The molecule has 2 aliphatic rings. The minimum atomic E-state index is -1.19. The summed E-state index contributed by atoms with van der Waals surface area (Å²) in [6, 6.07) is 12.9. The smallest absolute Gasteiger partial charge is 0.309 e. The highest BCUT2D eigenvalue weighted by atomic mass is 32.2. The number of amides is 2. The topological polar surface area (TPSA) is 96.9 Å². The Morgan fingerprint density at radius 2 is 1.86 bits per heavy atom. The van der Waals surface area contributed by atoms with E-state index < -0.39 is 17.4 Å². The predicted molar refractivity (Wildman–Crippen MR) is 104 cm³/mol. The molecule has 4 rings (SSSR count). The molecule has 1 atom stereocenters. The van der Waals surface area contributed by atoms with Crippen LogP contribution in [0.3, 0.4) is 0 Å². The maximum Gasteiger partial charge on any atom is 0.309 e. The third-order valence-corrected chi connectivity index (χ3v) is 5.95.